The summed E-state index contributed by atoms with van der Waals surface area (Å²) >= 11 is 0. The maximum Gasteiger partial charge on any atom is 0.284 e. The first-order valence-corrected chi connectivity index (χ1v) is 8.36. The molecule has 1 aromatic heterocycles. The average Bonchev–Trinajstić information content (AvgIpc) is 2.95. The zero-order valence-corrected chi connectivity index (χ0v) is 14.5. The van der Waals surface area contributed by atoms with E-state index in [9.17, 15) is 14.4 Å². The van der Waals surface area contributed by atoms with Crippen LogP contribution in [0.5, 0.6) is 0 Å². The third-order valence-electron chi connectivity index (χ3n) is 4.34. The van der Waals surface area contributed by atoms with Crippen LogP contribution in [0, 0.1) is 6.92 Å². The third-order valence-corrected chi connectivity index (χ3v) is 4.34. The van der Waals surface area contributed by atoms with Crippen molar-refractivity contribution < 1.29 is 14.4 Å². The van der Waals surface area contributed by atoms with Crippen molar-refractivity contribution in [1.29, 1.82) is 0 Å². The highest BCUT2D eigenvalue weighted by Crippen LogP contribution is 2.27. The number of carbonyl (C=O) groups excluding carboxylic acids is 3. The highest BCUT2D eigenvalue weighted by molar-refractivity contribution is 6.33. The molecule has 1 aliphatic rings. The molecule has 3 aromatic rings. The molecule has 0 fully saturated rings. The molecule has 0 saturated heterocycles. The lowest BCUT2D eigenvalue weighted by Gasteiger charge is -2.14. The Morgan fingerprint density at radius 3 is 2.30 bits per heavy atom. The van der Waals surface area contributed by atoms with E-state index < -0.39 is 11.8 Å². The van der Waals surface area contributed by atoms with E-state index in [-0.39, 0.29) is 17.2 Å². The van der Waals surface area contributed by atoms with Gasteiger partial charge in [-0.1, -0.05) is 17.7 Å². The summed E-state index contributed by atoms with van der Waals surface area (Å²) < 4.78 is 0. The average molecular weight is 357 g/mol. The van der Waals surface area contributed by atoms with E-state index in [1.54, 1.807) is 36.4 Å². The summed E-state index contributed by atoms with van der Waals surface area (Å²) in [6.45, 7) is 1.97. The van der Waals surface area contributed by atoms with Crippen LogP contribution in [0.3, 0.4) is 0 Å². The number of pyridine rings is 1. The fourth-order valence-electron chi connectivity index (χ4n) is 2.90. The van der Waals surface area contributed by atoms with Gasteiger partial charge in [0.15, 0.2) is 0 Å². The standard InChI is InChI=1S/C21H15N3O3/c1-13-4-8-15(9-5-13)23-19(25)14-6-10-16(11-7-14)24-20(26)17-3-2-12-22-18(17)21(24)27/h2-12H,1H3,(H,23,25). The number of rotatable bonds is 3. The number of nitrogens with zero attached hydrogens (tertiary/aromatic N) is 2. The van der Waals surface area contributed by atoms with Gasteiger partial charge >= 0.3 is 0 Å². The van der Waals surface area contributed by atoms with Crippen molar-refractivity contribution >= 4 is 29.1 Å². The number of aryl methyl sites for hydroxylation is 1. The molecule has 6 nitrogen and oxygen atoms in total. The van der Waals surface area contributed by atoms with E-state index in [1.165, 1.54) is 6.20 Å². The molecule has 0 unspecified atom stereocenters. The molecule has 6 heteroatoms. The molecule has 1 aliphatic heterocycles. The van der Waals surface area contributed by atoms with Gasteiger partial charge in [0.1, 0.15) is 5.69 Å². The highest BCUT2D eigenvalue weighted by Gasteiger charge is 2.37. The molecule has 0 saturated carbocycles. The van der Waals surface area contributed by atoms with E-state index in [0.29, 0.717) is 16.9 Å². The fraction of sp³-hybridized carbons (Fsp3) is 0.0476. The van der Waals surface area contributed by atoms with Crippen molar-refractivity contribution in [1.82, 2.24) is 4.98 Å². The molecule has 1 N–H and O–H groups in total. The molecule has 0 atom stereocenters. The first-order valence-electron chi connectivity index (χ1n) is 8.36. The zero-order valence-electron chi connectivity index (χ0n) is 14.5. The van der Waals surface area contributed by atoms with Gasteiger partial charge in [-0.25, -0.2) is 4.90 Å². The number of benzene rings is 2. The number of fused-ring (bicyclic) bond motifs is 1. The van der Waals surface area contributed by atoms with Crippen molar-refractivity contribution in [2.24, 2.45) is 0 Å². The molecule has 132 valence electrons. The van der Waals surface area contributed by atoms with Crippen molar-refractivity contribution in [2.45, 2.75) is 6.92 Å². The quantitative estimate of drug-likeness (QED) is 0.728. The number of imide groups is 1. The van der Waals surface area contributed by atoms with E-state index in [4.69, 9.17) is 0 Å². The Bertz CT molecular complexity index is 1020. The minimum atomic E-state index is -0.465. The number of hydrogen-bond acceptors (Lipinski definition) is 4. The lowest BCUT2D eigenvalue weighted by atomic mass is 10.1. The van der Waals surface area contributed by atoms with Gasteiger partial charge in [0.2, 0.25) is 0 Å². The van der Waals surface area contributed by atoms with E-state index >= 15 is 0 Å². The number of aromatic nitrogens is 1. The molecule has 2 aromatic carbocycles. The molecular formula is C21H15N3O3. The highest BCUT2D eigenvalue weighted by atomic mass is 16.2. The normalized spacial score (nSPS) is 12.9. The van der Waals surface area contributed by atoms with E-state index in [2.05, 4.69) is 10.3 Å². The second-order valence-corrected chi connectivity index (χ2v) is 6.21. The van der Waals surface area contributed by atoms with Gasteiger partial charge in [0.05, 0.1) is 11.3 Å². The van der Waals surface area contributed by atoms with Gasteiger partial charge in [0.25, 0.3) is 17.7 Å². The molecule has 27 heavy (non-hydrogen) atoms. The van der Waals surface area contributed by atoms with Crippen LogP contribution >= 0.6 is 0 Å². The van der Waals surface area contributed by atoms with Crippen LogP contribution in [-0.2, 0) is 0 Å². The molecular weight excluding hydrogens is 342 g/mol. The molecule has 4 rings (SSSR count). The van der Waals surface area contributed by atoms with Crippen LogP contribution in [0.1, 0.15) is 36.8 Å². The predicted molar refractivity (Wildman–Crippen MR) is 101 cm³/mol. The smallest absolute Gasteiger partial charge is 0.284 e. The Hall–Kier alpha value is -3.80. The minimum absolute atomic E-state index is 0.142. The van der Waals surface area contributed by atoms with Crippen LogP contribution in [0.4, 0.5) is 11.4 Å². The summed E-state index contributed by atoms with van der Waals surface area (Å²) in [5.74, 6) is -1.15. The zero-order chi connectivity index (χ0) is 19.0. The first kappa shape index (κ1) is 16.7. The van der Waals surface area contributed by atoms with Gasteiger partial charge in [0, 0.05) is 17.4 Å². The van der Waals surface area contributed by atoms with Gasteiger partial charge in [-0.15, -0.1) is 0 Å². The van der Waals surface area contributed by atoms with E-state index in [0.717, 1.165) is 10.5 Å². The summed E-state index contributed by atoms with van der Waals surface area (Å²) in [7, 11) is 0. The Labute approximate surface area is 155 Å². The lowest BCUT2D eigenvalue weighted by Crippen LogP contribution is -2.29. The van der Waals surface area contributed by atoms with Crippen LogP contribution in [0.2, 0.25) is 0 Å². The number of carbonyl (C=O) groups is 3. The number of nitrogens with one attached hydrogen (secondary N) is 1. The molecule has 0 aliphatic carbocycles. The first-order chi connectivity index (χ1) is 13.0. The Morgan fingerprint density at radius 1 is 0.926 bits per heavy atom. The second-order valence-electron chi connectivity index (χ2n) is 6.21. The lowest BCUT2D eigenvalue weighted by molar-refractivity contribution is 0.0924. The summed E-state index contributed by atoms with van der Waals surface area (Å²) in [5, 5.41) is 2.81. The maximum atomic E-state index is 12.5. The Morgan fingerprint density at radius 2 is 1.63 bits per heavy atom. The summed E-state index contributed by atoms with van der Waals surface area (Å²) in [6.07, 6.45) is 1.48. The van der Waals surface area contributed by atoms with Gasteiger partial charge in [-0.2, -0.15) is 0 Å². The maximum absolute atomic E-state index is 12.5. The monoisotopic (exact) mass is 357 g/mol. The minimum Gasteiger partial charge on any atom is -0.322 e. The topological polar surface area (TPSA) is 79.4 Å². The van der Waals surface area contributed by atoms with Gasteiger partial charge in [-0.05, 0) is 55.5 Å². The van der Waals surface area contributed by atoms with Crippen molar-refractivity contribution in [3.8, 4) is 0 Å². The van der Waals surface area contributed by atoms with Crippen LogP contribution in [0.25, 0.3) is 0 Å². The molecule has 0 spiro atoms. The predicted octanol–water partition coefficient (Wildman–Crippen LogP) is 3.44. The second kappa shape index (κ2) is 6.49. The van der Waals surface area contributed by atoms with Gasteiger partial charge in [-0.3, -0.25) is 19.4 Å². The molecule has 0 bridgehead atoms. The van der Waals surface area contributed by atoms with Crippen LogP contribution in [0.15, 0.2) is 66.9 Å². The Balaban J connectivity index is 1.54. The summed E-state index contributed by atoms with van der Waals surface area (Å²) in [4.78, 5) is 42.4. The third kappa shape index (κ3) is 2.97. The Kier molecular flexibility index (Phi) is 4.01. The van der Waals surface area contributed by atoms with Gasteiger partial charge < -0.3 is 5.32 Å². The summed E-state index contributed by atoms with van der Waals surface area (Å²) in [6, 6.07) is 17.0. The number of amides is 3. The molecule has 0 radical (unpaired) electrons. The molecule has 3 amide bonds. The number of anilines is 2. The molecule has 2 heterocycles. The van der Waals surface area contributed by atoms with Crippen molar-refractivity contribution in [3.05, 3.63) is 89.2 Å². The fourth-order valence-corrected chi connectivity index (χ4v) is 2.90. The van der Waals surface area contributed by atoms with Crippen LogP contribution in [-0.4, -0.2) is 22.7 Å². The number of hydrogen-bond donors (Lipinski definition) is 1. The van der Waals surface area contributed by atoms with Crippen LogP contribution < -0.4 is 10.2 Å². The van der Waals surface area contributed by atoms with Crippen molar-refractivity contribution in [2.75, 3.05) is 10.2 Å². The summed E-state index contributed by atoms with van der Waals surface area (Å²) in [5.41, 5.74) is 3.05. The largest absolute Gasteiger partial charge is 0.322 e. The van der Waals surface area contributed by atoms with E-state index in [1.807, 2.05) is 31.2 Å². The van der Waals surface area contributed by atoms with Crippen molar-refractivity contribution in [3.63, 3.8) is 0 Å². The SMILES string of the molecule is Cc1ccc(NC(=O)c2ccc(N3C(=O)c4cccnc4C3=O)cc2)cc1.